The van der Waals surface area contributed by atoms with Crippen LogP contribution >= 0.6 is 0 Å². The molecule has 0 spiro atoms. The molecular weight excluding hydrogens is 399 g/mol. The van der Waals surface area contributed by atoms with Gasteiger partial charge in [-0.1, -0.05) is 30.3 Å². The highest BCUT2D eigenvalue weighted by atomic mass is 19.4. The predicted octanol–water partition coefficient (Wildman–Crippen LogP) is 1.70. The molecule has 3 N–H and O–H groups in total. The molecule has 0 unspecified atom stereocenters. The Morgan fingerprint density at radius 2 is 1.47 bits per heavy atom. The summed E-state index contributed by atoms with van der Waals surface area (Å²) in [5, 5.41) is 2.24. The van der Waals surface area contributed by atoms with Crippen molar-refractivity contribution < 1.29 is 18.0 Å². The van der Waals surface area contributed by atoms with Crippen LogP contribution in [0.15, 0.2) is 58.1 Å². The molecule has 0 aliphatic heterocycles. The van der Waals surface area contributed by atoms with Gasteiger partial charge in [0.1, 0.15) is 10.7 Å². The second kappa shape index (κ2) is 8.24. The predicted molar refractivity (Wildman–Crippen MR) is 106 cm³/mol. The molecule has 9 heteroatoms. The topological polar surface area (TPSA) is 94.8 Å². The lowest BCUT2D eigenvalue weighted by Gasteiger charge is -2.09. The molecule has 1 aromatic heterocycles. The number of carbonyl (C=O) groups excluding carboxylic acids is 1. The first-order valence-corrected chi connectivity index (χ1v) is 8.73. The van der Waals surface area contributed by atoms with Crippen molar-refractivity contribution >= 4 is 23.7 Å². The summed E-state index contributed by atoms with van der Waals surface area (Å²) in [5.74, 6) is -0.230. The molecule has 154 valence electrons. The van der Waals surface area contributed by atoms with E-state index in [1.54, 1.807) is 24.3 Å². The number of carbonyl (C=O) groups is 1. The molecule has 0 bridgehead atoms. The molecule has 0 radical (unpaired) electrons. The maximum absolute atomic E-state index is 13.1. The minimum Gasteiger partial charge on any atom is -0.326 e. The third kappa shape index (κ3) is 4.93. The fourth-order valence-electron chi connectivity index (χ4n) is 2.77. The van der Waals surface area contributed by atoms with Gasteiger partial charge in [0.2, 0.25) is 5.91 Å². The van der Waals surface area contributed by atoms with E-state index in [1.165, 1.54) is 31.2 Å². The van der Waals surface area contributed by atoms with Gasteiger partial charge in [-0.2, -0.15) is 13.2 Å². The first kappa shape index (κ1) is 20.8. The molecular formula is C21H16F3N3O3. The van der Waals surface area contributed by atoms with Crippen molar-refractivity contribution in [1.29, 1.82) is 0 Å². The van der Waals surface area contributed by atoms with Crippen molar-refractivity contribution in [3.8, 4) is 0 Å². The van der Waals surface area contributed by atoms with E-state index in [1.807, 2.05) is 0 Å². The summed E-state index contributed by atoms with van der Waals surface area (Å²) < 4.78 is 39.4. The molecule has 2 aromatic carbocycles. The minimum absolute atomic E-state index is 0.0615. The Morgan fingerprint density at radius 3 is 2.03 bits per heavy atom. The van der Waals surface area contributed by atoms with E-state index in [2.05, 4.69) is 15.3 Å². The van der Waals surface area contributed by atoms with Gasteiger partial charge in [-0.25, -0.2) is 0 Å². The summed E-state index contributed by atoms with van der Waals surface area (Å²) >= 11 is 0. The largest absolute Gasteiger partial charge is 0.416 e. The number of nitrogens with one attached hydrogen (secondary N) is 3. The fraction of sp³-hybridized carbons (Fsp3) is 0.0952. The Balaban J connectivity index is 2.04. The first-order chi connectivity index (χ1) is 14.1. The Labute approximate surface area is 167 Å². The van der Waals surface area contributed by atoms with Gasteiger partial charge in [0.05, 0.1) is 5.56 Å². The van der Waals surface area contributed by atoms with Crippen molar-refractivity contribution in [2.75, 3.05) is 5.32 Å². The van der Waals surface area contributed by atoms with Gasteiger partial charge >= 0.3 is 6.18 Å². The van der Waals surface area contributed by atoms with E-state index in [4.69, 9.17) is 0 Å². The molecule has 30 heavy (non-hydrogen) atoms. The van der Waals surface area contributed by atoms with Crippen LogP contribution in [0.3, 0.4) is 0 Å². The van der Waals surface area contributed by atoms with Crippen molar-refractivity contribution in [3.05, 3.63) is 96.6 Å². The van der Waals surface area contributed by atoms with Crippen LogP contribution in [-0.4, -0.2) is 15.9 Å². The Morgan fingerprint density at radius 1 is 0.900 bits per heavy atom. The molecule has 0 saturated heterocycles. The quantitative estimate of drug-likeness (QED) is 0.608. The Kier molecular flexibility index (Phi) is 5.72. The van der Waals surface area contributed by atoms with Gasteiger partial charge in [0.15, 0.2) is 0 Å². The minimum atomic E-state index is -4.60. The average molecular weight is 415 g/mol. The zero-order valence-electron chi connectivity index (χ0n) is 15.6. The van der Waals surface area contributed by atoms with E-state index in [9.17, 15) is 27.6 Å². The molecule has 3 aromatic rings. The molecule has 0 aliphatic rings. The first-order valence-electron chi connectivity index (χ1n) is 8.73. The molecule has 0 aliphatic carbocycles. The third-order valence-electron chi connectivity index (χ3n) is 4.09. The summed E-state index contributed by atoms with van der Waals surface area (Å²) in [6.45, 7) is 1.37. The van der Waals surface area contributed by atoms with Crippen molar-refractivity contribution in [1.82, 2.24) is 9.97 Å². The van der Waals surface area contributed by atoms with E-state index in [-0.39, 0.29) is 22.2 Å². The summed E-state index contributed by atoms with van der Waals surface area (Å²) in [5.41, 5.74) is -1.43. The fourth-order valence-corrected chi connectivity index (χ4v) is 2.77. The van der Waals surface area contributed by atoms with E-state index in [0.717, 1.165) is 12.1 Å². The number of halogens is 3. The van der Waals surface area contributed by atoms with Crippen LogP contribution in [0.4, 0.5) is 18.9 Å². The molecule has 6 nitrogen and oxygen atoms in total. The van der Waals surface area contributed by atoms with Gasteiger partial charge < -0.3 is 15.3 Å². The lowest BCUT2D eigenvalue weighted by atomic mass is 10.1. The van der Waals surface area contributed by atoms with Gasteiger partial charge in [-0.05, 0) is 41.5 Å². The standard InChI is InChI=1S/C21H16F3N3O3/c1-12(28)25-15-8-6-13(7-9-15)10-17-19(29)27-18(20(30)26-17)11-14-4-2-3-5-16(14)21(22,23)24/h2-11H,1H3,(H,25,28)(H,26,30)(H,27,29)/b17-10-,18-11-. The van der Waals surface area contributed by atoms with Crippen LogP contribution in [0.25, 0.3) is 12.2 Å². The van der Waals surface area contributed by atoms with Crippen LogP contribution < -0.4 is 27.1 Å². The SMILES string of the molecule is CC(=O)Nc1ccc(/C=c2\[nH]c(=O)/c(=C/c3ccccc3C(F)(F)F)[nH]c2=O)cc1. The maximum Gasteiger partial charge on any atom is 0.416 e. The van der Waals surface area contributed by atoms with Gasteiger partial charge in [-0.15, -0.1) is 0 Å². The Bertz CT molecular complexity index is 1320. The lowest BCUT2D eigenvalue weighted by molar-refractivity contribution is -0.137. The van der Waals surface area contributed by atoms with Crippen molar-refractivity contribution in [2.45, 2.75) is 13.1 Å². The number of benzene rings is 2. The lowest BCUT2D eigenvalue weighted by Crippen LogP contribution is -2.46. The van der Waals surface area contributed by atoms with Crippen LogP contribution in [0, 0.1) is 0 Å². The third-order valence-corrected chi connectivity index (χ3v) is 4.09. The number of rotatable bonds is 3. The number of alkyl halides is 3. The smallest absolute Gasteiger partial charge is 0.326 e. The Hall–Kier alpha value is -3.88. The van der Waals surface area contributed by atoms with Crippen LogP contribution in [0.1, 0.15) is 23.6 Å². The van der Waals surface area contributed by atoms with Crippen LogP contribution in [-0.2, 0) is 11.0 Å². The molecule has 0 fully saturated rings. The highest BCUT2D eigenvalue weighted by Crippen LogP contribution is 2.31. The zero-order chi connectivity index (χ0) is 21.9. The molecule has 0 atom stereocenters. The summed E-state index contributed by atoms with van der Waals surface area (Å²) in [6, 6.07) is 11.2. The second-order valence-electron chi connectivity index (χ2n) is 6.41. The number of hydrogen-bond acceptors (Lipinski definition) is 3. The van der Waals surface area contributed by atoms with Gasteiger partial charge in [0.25, 0.3) is 11.1 Å². The zero-order valence-corrected chi connectivity index (χ0v) is 15.6. The number of amides is 1. The highest BCUT2D eigenvalue weighted by molar-refractivity contribution is 5.88. The summed E-state index contributed by atoms with van der Waals surface area (Å²) in [7, 11) is 0. The molecule has 0 saturated carbocycles. The number of hydrogen-bond donors (Lipinski definition) is 3. The normalized spacial score (nSPS) is 12.8. The number of anilines is 1. The molecule has 1 amide bonds. The average Bonchev–Trinajstić information content (AvgIpc) is 2.66. The van der Waals surface area contributed by atoms with Crippen LogP contribution in [0.5, 0.6) is 0 Å². The van der Waals surface area contributed by atoms with Gasteiger partial charge in [-0.3, -0.25) is 14.4 Å². The second-order valence-corrected chi connectivity index (χ2v) is 6.41. The maximum atomic E-state index is 13.1. The highest BCUT2D eigenvalue weighted by Gasteiger charge is 2.32. The van der Waals surface area contributed by atoms with E-state index < -0.39 is 22.9 Å². The monoisotopic (exact) mass is 415 g/mol. The van der Waals surface area contributed by atoms with E-state index >= 15 is 0 Å². The number of aromatic nitrogens is 2. The van der Waals surface area contributed by atoms with Crippen molar-refractivity contribution in [3.63, 3.8) is 0 Å². The molecule has 3 rings (SSSR count). The van der Waals surface area contributed by atoms with Crippen LogP contribution in [0.2, 0.25) is 0 Å². The molecule has 1 heterocycles. The summed E-state index contributed by atoms with van der Waals surface area (Å²) in [4.78, 5) is 40.4. The number of H-pyrrole nitrogens is 2. The van der Waals surface area contributed by atoms with Gasteiger partial charge in [0, 0.05) is 12.6 Å². The van der Waals surface area contributed by atoms with Crippen molar-refractivity contribution in [2.24, 2.45) is 0 Å². The van der Waals surface area contributed by atoms with E-state index in [0.29, 0.717) is 11.3 Å². The summed E-state index contributed by atoms with van der Waals surface area (Å²) in [6.07, 6.45) is -2.21. The number of aromatic amines is 2.